The molecular weight excluding hydrogens is 292 g/mol. The number of carboxylic acids is 1. The first-order valence-electron chi connectivity index (χ1n) is 6.10. The molecule has 0 aliphatic rings. The van der Waals surface area contributed by atoms with Crippen molar-refractivity contribution in [1.82, 2.24) is 15.0 Å². The first-order valence-corrected chi connectivity index (χ1v) is 6.10. The molecule has 0 aliphatic heterocycles. The van der Waals surface area contributed by atoms with Gasteiger partial charge in [-0.15, -0.1) is 5.10 Å². The van der Waals surface area contributed by atoms with Crippen molar-refractivity contribution in [2.75, 3.05) is 20.3 Å². The Morgan fingerprint density at radius 1 is 1.43 bits per heavy atom. The van der Waals surface area contributed by atoms with Crippen molar-refractivity contribution >= 4 is 5.97 Å². The van der Waals surface area contributed by atoms with Crippen LogP contribution >= 0.6 is 0 Å². The first-order chi connectivity index (χ1) is 9.86. The molecule has 0 radical (unpaired) electrons. The number of nitrogens with zero attached hydrogens (tertiary/aromatic N) is 3. The quantitative estimate of drug-likeness (QED) is 0.676. The van der Waals surface area contributed by atoms with E-state index in [1.54, 1.807) is 6.92 Å². The Morgan fingerprint density at radius 3 is 2.62 bits per heavy atom. The number of carboxylic acid groups (broad SMARTS) is 1. The molecule has 0 spiro atoms. The summed E-state index contributed by atoms with van der Waals surface area (Å²) < 4.78 is 36.4. The van der Waals surface area contributed by atoms with Crippen LogP contribution in [0.15, 0.2) is 0 Å². The minimum absolute atomic E-state index is 0.129. The molecule has 1 heterocycles. The van der Waals surface area contributed by atoms with Crippen LogP contribution in [0.4, 0.5) is 8.78 Å². The molecule has 1 aromatic rings. The lowest BCUT2D eigenvalue weighted by molar-refractivity contribution is -0.0372. The number of hydrogen-bond acceptors (Lipinski definition) is 6. The molecule has 0 aliphatic carbocycles. The summed E-state index contributed by atoms with van der Waals surface area (Å²) in [7, 11) is 1.49. The van der Waals surface area contributed by atoms with Crippen LogP contribution < -0.4 is 0 Å². The maximum absolute atomic E-state index is 12.9. The highest BCUT2D eigenvalue weighted by molar-refractivity contribution is 5.86. The van der Waals surface area contributed by atoms with E-state index in [1.165, 1.54) is 7.11 Å². The molecule has 2 unspecified atom stereocenters. The van der Waals surface area contributed by atoms with Gasteiger partial charge in [0.25, 0.3) is 6.43 Å². The average molecular weight is 309 g/mol. The minimum Gasteiger partial charge on any atom is -0.476 e. The zero-order valence-electron chi connectivity index (χ0n) is 11.6. The topological polar surface area (TPSA) is 107 Å². The van der Waals surface area contributed by atoms with Crippen LogP contribution in [0.2, 0.25) is 0 Å². The van der Waals surface area contributed by atoms with E-state index in [-0.39, 0.29) is 19.3 Å². The second kappa shape index (κ2) is 7.96. The highest BCUT2D eigenvalue weighted by Gasteiger charge is 2.27. The number of methoxy groups -OCH3 is 1. The van der Waals surface area contributed by atoms with Gasteiger partial charge in [0.1, 0.15) is 5.69 Å². The van der Waals surface area contributed by atoms with E-state index >= 15 is 0 Å². The number of ether oxygens (including phenoxy) is 2. The Bertz CT molecular complexity index is 469. The third-order valence-corrected chi connectivity index (χ3v) is 2.54. The number of carbonyl (C=O) groups is 1. The van der Waals surface area contributed by atoms with Crippen LogP contribution in [0.5, 0.6) is 0 Å². The largest absolute Gasteiger partial charge is 0.476 e. The molecule has 0 fully saturated rings. The zero-order valence-corrected chi connectivity index (χ0v) is 11.6. The Kier molecular flexibility index (Phi) is 6.59. The van der Waals surface area contributed by atoms with E-state index in [4.69, 9.17) is 14.6 Å². The van der Waals surface area contributed by atoms with Gasteiger partial charge in [-0.1, -0.05) is 5.21 Å². The Labute approximate surface area is 119 Å². The summed E-state index contributed by atoms with van der Waals surface area (Å²) in [6.45, 7) is 1.56. The standard InChI is InChI=1S/C11H17F2N3O5/c1-6(4-20-2)21-5-7(17)3-16-9(10(12)13)8(11(18)19)14-15-16/h6-7,10,17H,3-5H2,1-2H3,(H,18,19). The number of halogens is 2. The summed E-state index contributed by atoms with van der Waals surface area (Å²) in [5.74, 6) is -1.60. The summed E-state index contributed by atoms with van der Waals surface area (Å²) in [4.78, 5) is 10.8. The zero-order chi connectivity index (χ0) is 16.0. The van der Waals surface area contributed by atoms with E-state index in [2.05, 4.69) is 10.3 Å². The van der Waals surface area contributed by atoms with Crippen LogP contribution in [0, 0.1) is 0 Å². The fraction of sp³-hybridized carbons (Fsp3) is 0.727. The van der Waals surface area contributed by atoms with Gasteiger partial charge >= 0.3 is 5.97 Å². The molecule has 120 valence electrons. The molecule has 0 bridgehead atoms. The molecule has 10 heteroatoms. The number of aromatic nitrogens is 3. The molecule has 0 saturated carbocycles. The van der Waals surface area contributed by atoms with Crippen molar-refractivity contribution in [2.24, 2.45) is 0 Å². The molecule has 21 heavy (non-hydrogen) atoms. The van der Waals surface area contributed by atoms with Gasteiger partial charge in [0.05, 0.1) is 32.0 Å². The molecule has 0 aromatic carbocycles. The number of aliphatic hydroxyl groups excluding tert-OH is 1. The molecule has 8 nitrogen and oxygen atoms in total. The smallest absolute Gasteiger partial charge is 0.358 e. The minimum atomic E-state index is -3.06. The second-order valence-electron chi connectivity index (χ2n) is 4.36. The van der Waals surface area contributed by atoms with Crippen LogP contribution in [0.25, 0.3) is 0 Å². The van der Waals surface area contributed by atoms with Crippen LogP contribution in [0.1, 0.15) is 29.5 Å². The molecule has 0 amide bonds. The van der Waals surface area contributed by atoms with Gasteiger partial charge in [-0.3, -0.25) is 0 Å². The van der Waals surface area contributed by atoms with Gasteiger partial charge < -0.3 is 19.7 Å². The maximum atomic E-state index is 12.9. The third-order valence-electron chi connectivity index (χ3n) is 2.54. The highest BCUT2D eigenvalue weighted by atomic mass is 19.3. The normalized spacial score (nSPS) is 14.4. The highest BCUT2D eigenvalue weighted by Crippen LogP contribution is 2.21. The first kappa shape index (κ1) is 17.4. The lowest BCUT2D eigenvalue weighted by Crippen LogP contribution is -2.27. The van der Waals surface area contributed by atoms with Crippen molar-refractivity contribution in [3.63, 3.8) is 0 Å². The number of hydrogen-bond donors (Lipinski definition) is 2. The van der Waals surface area contributed by atoms with E-state index in [1.807, 2.05) is 0 Å². The van der Waals surface area contributed by atoms with Crippen LogP contribution in [-0.4, -0.2) is 63.7 Å². The Hall–Kier alpha value is -1.65. The van der Waals surface area contributed by atoms with Gasteiger partial charge in [-0.05, 0) is 6.92 Å². The van der Waals surface area contributed by atoms with Gasteiger partial charge in [0, 0.05) is 7.11 Å². The van der Waals surface area contributed by atoms with Crippen molar-refractivity contribution < 1.29 is 33.3 Å². The summed E-state index contributed by atoms with van der Waals surface area (Å²) >= 11 is 0. The fourth-order valence-electron chi connectivity index (χ4n) is 1.63. The number of alkyl halides is 2. The molecule has 2 N–H and O–H groups in total. The molecule has 0 saturated heterocycles. The number of rotatable bonds is 9. The van der Waals surface area contributed by atoms with Crippen molar-refractivity contribution in [3.05, 3.63) is 11.4 Å². The summed E-state index contributed by atoms with van der Waals surface area (Å²) in [6, 6.07) is 0. The monoisotopic (exact) mass is 309 g/mol. The van der Waals surface area contributed by atoms with E-state index in [9.17, 15) is 18.7 Å². The number of aromatic carboxylic acids is 1. The van der Waals surface area contributed by atoms with Crippen molar-refractivity contribution in [3.8, 4) is 0 Å². The summed E-state index contributed by atoms with van der Waals surface area (Å²) in [5, 5.41) is 25.0. The lowest BCUT2D eigenvalue weighted by Gasteiger charge is -2.16. The molecule has 2 atom stereocenters. The predicted molar refractivity (Wildman–Crippen MR) is 65.2 cm³/mol. The molecular formula is C11H17F2N3O5. The lowest BCUT2D eigenvalue weighted by atomic mass is 10.3. The van der Waals surface area contributed by atoms with Gasteiger partial charge in [0.15, 0.2) is 5.69 Å². The average Bonchev–Trinajstić information content (AvgIpc) is 2.80. The SMILES string of the molecule is COCC(C)OCC(O)Cn1nnc(C(=O)O)c1C(F)F. The second-order valence-corrected chi connectivity index (χ2v) is 4.36. The Balaban J connectivity index is 2.68. The van der Waals surface area contributed by atoms with E-state index in [0.29, 0.717) is 11.3 Å². The van der Waals surface area contributed by atoms with E-state index in [0.717, 1.165) is 0 Å². The maximum Gasteiger partial charge on any atom is 0.358 e. The molecule has 1 rings (SSSR count). The predicted octanol–water partition coefficient (Wildman–Crippen LogP) is 0.326. The summed E-state index contributed by atoms with van der Waals surface area (Å²) in [6.07, 6.45) is -4.47. The third kappa shape index (κ3) is 4.99. The fourth-order valence-corrected chi connectivity index (χ4v) is 1.63. The molecule has 1 aromatic heterocycles. The van der Waals surface area contributed by atoms with Gasteiger partial charge in [-0.25, -0.2) is 18.3 Å². The van der Waals surface area contributed by atoms with Gasteiger partial charge in [-0.2, -0.15) is 0 Å². The van der Waals surface area contributed by atoms with Crippen LogP contribution in [-0.2, 0) is 16.0 Å². The van der Waals surface area contributed by atoms with Gasteiger partial charge in [0.2, 0.25) is 0 Å². The Morgan fingerprint density at radius 2 is 2.10 bits per heavy atom. The van der Waals surface area contributed by atoms with Crippen LogP contribution in [0.3, 0.4) is 0 Å². The van der Waals surface area contributed by atoms with Crippen molar-refractivity contribution in [1.29, 1.82) is 0 Å². The van der Waals surface area contributed by atoms with Crippen molar-refractivity contribution in [2.45, 2.75) is 32.1 Å². The number of aliphatic hydroxyl groups is 1. The summed E-state index contributed by atoms with van der Waals surface area (Å²) in [5.41, 5.74) is -1.67. The van der Waals surface area contributed by atoms with E-state index < -0.39 is 29.9 Å².